The quantitative estimate of drug-likeness (QED) is 0.864. The Hall–Kier alpha value is -0.900. The molecule has 19 heavy (non-hydrogen) atoms. The second-order valence-corrected chi connectivity index (χ2v) is 6.34. The van der Waals surface area contributed by atoms with Crippen LogP contribution in [-0.4, -0.2) is 29.5 Å². The van der Waals surface area contributed by atoms with Crippen LogP contribution in [-0.2, 0) is 11.2 Å². The van der Waals surface area contributed by atoms with Crippen molar-refractivity contribution in [1.82, 2.24) is 0 Å². The van der Waals surface area contributed by atoms with Gasteiger partial charge >= 0.3 is 0 Å². The molecule has 0 aromatic heterocycles. The zero-order chi connectivity index (χ0) is 13.9. The van der Waals surface area contributed by atoms with Crippen LogP contribution in [0.1, 0.15) is 32.3 Å². The highest BCUT2D eigenvalue weighted by molar-refractivity contribution is 5.16. The van der Waals surface area contributed by atoms with Crippen molar-refractivity contribution in [3.63, 3.8) is 0 Å². The number of hydrogen-bond acceptors (Lipinski definition) is 2. The van der Waals surface area contributed by atoms with E-state index in [-0.39, 0.29) is 11.5 Å². The lowest BCUT2D eigenvalue weighted by Gasteiger charge is -2.46. The van der Waals surface area contributed by atoms with Crippen molar-refractivity contribution in [2.45, 2.75) is 44.3 Å². The summed E-state index contributed by atoms with van der Waals surface area (Å²) in [7, 11) is 0. The van der Waals surface area contributed by atoms with Gasteiger partial charge in [0.05, 0.1) is 24.4 Å². The second kappa shape index (κ2) is 5.61. The topological polar surface area (TPSA) is 57.1 Å². The lowest BCUT2D eigenvalue weighted by atomic mass is 9.73. The Morgan fingerprint density at radius 2 is 2.00 bits per heavy atom. The molecular weight excluding hydrogens is 238 g/mol. The Morgan fingerprint density at radius 3 is 2.63 bits per heavy atom. The highest BCUT2D eigenvalue weighted by atomic mass is 16.5. The lowest BCUT2D eigenvalue weighted by molar-refractivity contribution is -0.377. The Labute approximate surface area is 115 Å². The van der Waals surface area contributed by atoms with E-state index in [0.717, 1.165) is 19.4 Å². The number of hydrogen-bond donors (Lipinski definition) is 2. The third-order valence-electron chi connectivity index (χ3n) is 4.10. The Balaban J connectivity index is 2.14. The lowest BCUT2D eigenvalue weighted by Crippen LogP contribution is -2.59. The summed E-state index contributed by atoms with van der Waals surface area (Å²) in [4.78, 5) is 0. The van der Waals surface area contributed by atoms with Gasteiger partial charge < -0.3 is 15.6 Å². The maximum absolute atomic E-state index is 11.0. The van der Waals surface area contributed by atoms with Crippen LogP contribution in [0.5, 0.6) is 0 Å². The minimum atomic E-state index is -0.653. The van der Waals surface area contributed by atoms with E-state index in [9.17, 15) is 5.11 Å². The number of benzene rings is 1. The van der Waals surface area contributed by atoms with Crippen LogP contribution in [0.25, 0.3) is 0 Å². The SMILES string of the molecule is CC1(C)C[C@@](O)(CC[NH3+])[C@@H](Cc2ccccc2)CO1. The Bertz CT molecular complexity index is 404. The van der Waals surface area contributed by atoms with Gasteiger partial charge in [0.15, 0.2) is 0 Å². The molecule has 0 bridgehead atoms. The molecule has 1 aromatic rings. The van der Waals surface area contributed by atoms with Crippen LogP contribution in [0.3, 0.4) is 0 Å². The van der Waals surface area contributed by atoms with Crippen molar-refractivity contribution in [3.8, 4) is 0 Å². The van der Waals surface area contributed by atoms with Gasteiger partial charge in [-0.3, -0.25) is 0 Å². The molecule has 1 aliphatic heterocycles. The molecule has 2 rings (SSSR count). The number of rotatable bonds is 4. The highest BCUT2D eigenvalue weighted by Gasteiger charge is 2.46. The second-order valence-electron chi connectivity index (χ2n) is 6.34. The molecule has 1 aromatic carbocycles. The normalized spacial score (nSPS) is 30.2. The predicted molar refractivity (Wildman–Crippen MR) is 75.6 cm³/mol. The number of quaternary nitrogens is 1. The standard InChI is InChI=1S/C16H25NO2/c1-15(2)12-16(18,8-9-17)14(11-19-15)10-13-6-4-3-5-7-13/h3-7,14,18H,8-12,17H2,1-2H3/p+1/t14-,16-/m0/s1. The van der Waals surface area contributed by atoms with E-state index in [2.05, 4.69) is 31.7 Å². The molecule has 0 unspecified atom stereocenters. The van der Waals surface area contributed by atoms with Crippen LogP contribution in [0.15, 0.2) is 30.3 Å². The van der Waals surface area contributed by atoms with E-state index in [1.54, 1.807) is 0 Å². The van der Waals surface area contributed by atoms with Crippen LogP contribution >= 0.6 is 0 Å². The van der Waals surface area contributed by atoms with E-state index in [0.29, 0.717) is 13.0 Å². The molecule has 1 saturated heterocycles. The van der Waals surface area contributed by atoms with Crippen molar-refractivity contribution in [1.29, 1.82) is 0 Å². The zero-order valence-corrected chi connectivity index (χ0v) is 12.1. The van der Waals surface area contributed by atoms with E-state index in [1.807, 2.05) is 18.2 Å². The van der Waals surface area contributed by atoms with E-state index in [1.165, 1.54) is 5.56 Å². The summed E-state index contributed by atoms with van der Waals surface area (Å²) in [6, 6.07) is 10.3. The molecule has 1 heterocycles. The Kier molecular flexibility index (Phi) is 4.29. The minimum Gasteiger partial charge on any atom is -0.389 e. The van der Waals surface area contributed by atoms with E-state index >= 15 is 0 Å². The fraction of sp³-hybridized carbons (Fsp3) is 0.625. The van der Waals surface area contributed by atoms with Crippen molar-refractivity contribution >= 4 is 0 Å². The van der Waals surface area contributed by atoms with Crippen molar-refractivity contribution in [2.75, 3.05) is 13.2 Å². The van der Waals surface area contributed by atoms with Gasteiger partial charge in [0.2, 0.25) is 0 Å². The number of aliphatic hydroxyl groups is 1. The fourth-order valence-electron chi connectivity index (χ4n) is 3.16. The fourth-order valence-corrected chi connectivity index (χ4v) is 3.16. The molecule has 2 atom stereocenters. The first kappa shape index (κ1) is 14.5. The van der Waals surface area contributed by atoms with Crippen molar-refractivity contribution in [3.05, 3.63) is 35.9 Å². The van der Waals surface area contributed by atoms with Gasteiger partial charge in [0.25, 0.3) is 0 Å². The van der Waals surface area contributed by atoms with E-state index in [4.69, 9.17) is 4.74 Å². The third-order valence-corrected chi connectivity index (χ3v) is 4.10. The van der Waals surface area contributed by atoms with Gasteiger partial charge in [-0.25, -0.2) is 0 Å². The first-order valence-corrected chi connectivity index (χ1v) is 7.15. The molecular formula is C16H26NO2+. The molecule has 0 radical (unpaired) electrons. The highest BCUT2D eigenvalue weighted by Crippen LogP contribution is 2.39. The van der Waals surface area contributed by atoms with Crippen molar-refractivity contribution < 1.29 is 15.6 Å². The summed E-state index contributed by atoms with van der Waals surface area (Å²) in [5.41, 5.74) is 4.28. The maximum Gasteiger partial charge on any atom is 0.0781 e. The van der Waals surface area contributed by atoms with Gasteiger partial charge in [-0.1, -0.05) is 30.3 Å². The molecule has 0 amide bonds. The summed E-state index contributed by atoms with van der Waals surface area (Å²) >= 11 is 0. The largest absolute Gasteiger partial charge is 0.389 e. The molecule has 0 aliphatic carbocycles. The molecule has 3 nitrogen and oxygen atoms in total. The molecule has 0 saturated carbocycles. The monoisotopic (exact) mass is 264 g/mol. The van der Waals surface area contributed by atoms with Gasteiger partial charge in [0, 0.05) is 18.8 Å². The summed E-state index contributed by atoms with van der Waals surface area (Å²) in [5, 5.41) is 11.0. The molecule has 1 fully saturated rings. The third kappa shape index (κ3) is 3.56. The molecule has 4 N–H and O–H groups in total. The van der Waals surface area contributed by atoms with Gasteiger partial charge in [-0.2, -0.15) is 0 Å². The average molecular weight is 264 g/mol. The first-order valence-electron chi connectivity index (χ1n) is 7.15. The van der Waals surface area contributed by atoms with Gasteiger partial charge in [-0.15, -0.1) is 0 Å². The summed E-state index contributed by atoms with van der Waals surface area (Å²) in [6.45, 7) is 5.50. The van der Waals surface area contributed by atoms with Crippen LogP contribution in [0, 0.1) is 5.92 Å². The predicted octanol–water partition coefficient (Wildman–Crippen LogP) is 1.41. The zero-order valence-electron chi connectivity index (χ0n) is 12.1. The van der Waals surface area contributed by atoms with E-state index < -0.39 is 5.60 Å². The summed E-state index contributed by atoms with van der Waals surface area (Å²) in [5.74, 6) is 0.157. The number of ether oxygens (including phenoxy) is 1. The minimum absolute atomic E-state index is 0.157. The van der Waals surface area contributed by atoms with Crippen molar-refractivity contribution in [2.24, 2.45) is 5.92 Å². The van der Waals surface area contributed by atoms with Gasteiger partial charge in [0.1, 0.15) is 0 Å². The van der Waals surface area contributed by atoms with Crippen LogP contribution in [0.4, 0.5) is 0 Å². The average Bonchev–Trinajstić information content (AvgIpc) is 2.34. The molecule has 0 spiro atoms. The van der Waals surface area contributed by atoms with Crippen LogP contribution in [0.2, 0.25) is 0 Å². The Morgan fingerprint density at radius 1 is 1.32 bits per heavy atom. The summed E-state index contributed by atoms with van der Waals surface area (Å²) < 4.78 is 5.91. The summed E-state index contributed by atoms with van der Waals surface area (Å²) in [6.07, 6.45) is 2.30. The van der Waals surface area contributed by atoms with Gasteiger partial charge in [-0.05, 0) is 25.8 Å². The molecule has 3 heteroatoms. The first-order chi connectivity index (χ1) is 8.95. The maximum atomic E-state index is 11.0. The molecule has 1 aliphatic rings. The van der Waals surface area contributed by atoms with Crippen LogP contribution < -0.4 is 5.73 Å². The molecule has 106 valence electrons. The smallest absolute Gasteiger partial charge is 0.0781 e.